The molecule has 1 aromatic rings. The maximum atomic E-state index is 5.79. The van der Waals surface area contributed by atoms with Crippen molar-refractivity contribution in [1.29, 1.82) is 0 Å². The molecular formula is C17H30N2O2. The SMILES string of the molecule is CCOCCCNCCOc1cccc(N(CC)CC)c1. The highest BCUT2D eigenvalue weighted by molar-refractivity contribution is 5.50. The Kier molecular flexibility index (Phi) is 9.66. The number of rotatable bonds is 12. The van der Waals surface area contributed by atoms with Gasteiger partial charge in [-0.05, 0) is 45.9 Å². The van der Waals surface area contributed by atoms with Crippen LogP contribution in [0.2, 0.25) is 0 Å². The average molecular weight is 294 g/mol. The quantitative estimate of drug-likeness (QED) is 0.601. The van der Waals surface area contributed by atoms with Gasteiger partial charge >= 0.3 is 0 Å². The van der Waals surface area contributed by atoms with Gasteiger partial charge in [-0.2, -0.15) is 0 Å². The molecule has 0 amide bonds. The van der Waals surface area contributed by atoms with Crippen LogP contribution >= 0.6 is 0 Å². The molecular weight excluding hydrogens is 264 g/mol. The Labute approximate surface area is 129 Å². The molecule has 0 saturated carbocycles. The van der Waals surface area contributed by atoms with Crippen LogP contribution in [0.3, 0.4) is 0 Å². The first-order chi connectivity index (χ1) is 10.3. The molecule has 0 bridgehead atoms. The van der Waals surface area contributed by atoms with Gasteiger partial charge in [0.05, 0.1) is 0 Å². The Morgan fingerprint density at radius 2 is 1.86 bits per heavy atom. The van der Waals surface area contributed by atoms with Crippen molar-refractivity contribution in [2.24, 2.45) is 0 Å². The van der Waals surface area contributed by atoms with Gasteiger partial charge in [-0.25, -0.2) is 0 Å². The fraction of sp³-hybridized carbons (Fsp3) is 0.647. The summed E-state index contributed by atoms with van der Waals surface area (Å²) in [5.74, 6) is 0.940. The van der Waals surface area contributed by atoms with Gasteiger partial charge in [0.2, 0.25) is 0 Å². The van der Waals surface area contributed by atoms with E-state index in [0.717, 1.165) is 51.6 Å². The molecule has 0 saturated heterocycles. The fourth-order valence-electron chi connectivity index (χ4n) is 2.17. The van der Waals surface area contributed by atoms with Crippen LogP contribution in [0, 0.1) is 0 Å². The molecule has 0 aromatic heterocycles. The second kappa shape index (κ2) is 11.4. The van der Waals surface area contributed by atoms with Crippen molar-refractivity contribution in [2.75, 3.05) is 50.9 Å². The van der Waals surface area contributed by atoms with Crippen LogP contribution in [0.4, 0.5) is 5.69 Å². The average Bonchev–Trinajstić information content (AvgIpc) is 2.52. The molecule has 4 nitrogen and oxygen atoms in total. The maximum Gasteiger partial charge on any atom is 0.121 e. The van der Waals surface area contributed by atoms with Gasteiger partial charge in [-0.15, -0.1) is 0 Å². The number of hydrogen-bond donors (Lipinski definition) is 1. The lowest BCUT2D eigenvalue weighted by atomic mass is 10.2. The van der Waals surface area contributed by atoms with E-state index in [9.17, 15) is 0 Å². The summed E-state index contributed by atoms with van der Waals surface area (Å²) in [6.45, 7) is 12.5. The van der Waals surface area contributed by atoms with Crippen molar-refractivity contribution in [2.45, 2.75) is 27.2 Å². The third-order valence-electron chi connectivity index (χ3n) is 3.34. The molecule has 0 unspecified atom stereocenters. The van der Waals surface area contributed by atoms with E-state index < -0.39 is 0 Å². The van der Waals surface area contributed by atoms with E-state index in [1.807, 2.05) is 13.0 Å². The molecule has 0 aliphatic carbocycles. The Hall–Kier alpha value is -1.26. The van der Waals surface area contributed by atoms with Crippen LogP contribution in [-0.4, -0.2) is 46.0 Å². The molecule has 120 valence electrons. The first-order valence-corrected chi connectivity index (χ1v) is 8.08. The number of benzene rings is 1. The molecule has 0 atom stereocenters. The minimum Gasteiger partial charge on any atom is -0.492 e. The molecule has 21 heavy (non-hydrogen) atoms. The highest BCUT2D eigenvalue weighted by Gasteiger charge is 2.02. The van der Waals surface area contributed by atoms with Gasteiger partial charge in [0, 0.05) is 44.6 Å². The minimum absolute atomic E-state index is 0.691. The van der Waals surface area contributed by atoms with E-state index in [2.05, 4.69) is 42.3 Å². The third kappa shape index (κ3) is 7.34. The second-order valence-corrected chi connectivity index (χ2v) is 4.82. The molecule has 0 heterocycles. The van der Waals surface area contributed by atoms with Gasteiger partial charge in [0.25, 0.3) is 0 Å². The van der Waals surface area contributed by atoms with Crippen molar-refractivity contribution in [1.82, 2.24) is 5.32 Å². The lowest BCUT2D eigenvalue weighted by Gasteiger charge is -2.21. The lowest BCUT2D eigenvalue weighted by Crippen LogP contribution is -2.23. The smallest absolute Gasteiger partial charge is 0.121 e. The molecule has 4 heteroatoms. The predicted octanol–water partition coefficient (Wildman–Crippen LogP) is 2.93. The van der Waals surface area contributed by atoms with Crippen molar-refractivity contribution < 1.29 is 9.47 Å². The van der Waals surface area contributed by atoms with Gasteiger partial charge in [0.15, 0.2) is 0 Å². The fourth-order valence-corrected chi connectivity index (χ4v) is 2.17. The normalized spacial score (nSPS) is 10.6. The zero-order valence-electron chi connectivity index (χ0n) is 13.7. The van der Waals surface area contributed by atoms with Crippen molar-refractivity contribution in [3.8, 4) is 5.75 Å². The topological polar surface area (TPSA) is 33.7 Å². The highest BCUT2D eigenvalue weighted by atomic mass is 16.5. The summed E-state index contributed by atoms with van der Waals surface area (Å²) in [6.07, 6.45) is 1.05. The van der Waals surface area contributed by atoms with Crippen LogP contribution < -0.4 is 15.0 Å². The van der Waals surface area contributed by atoms with Crippen molar-refractivity contribution in [3.63, 3.8) is 0 Å². The molecule has 0 aliphatic rings. The summed E-state index contributed by atoms with van der Waals surface area (Å²) in [5, 5.41) is 3.36. The zero-order chi connectivity index (χ0) is 15.3. The van der Waals surface area contributed by atoms with E-state index in [1.165, 1.54) is 5.69 Å². The number of nitrogens with zero attached hydrogens (tertiary/aromatic N) is 1. The Balaban J connectivity index is 2.21. The number of nitrogens with one attached hydrogen (secondary N) is 1. The predicted molar refractivity (Wildman–Crippen MR) is 89.5 cm³/mol. The van der Waals surface area contributed by atoms with Crippen LogP contribution in [-0.2, 0) is 4.74 Å². The van der Waals surface area contributed by atoms with Crippen LogP contribution in [0.5, 0.6) is 5.75 Å². The highest BCUT2D eigenvalue weighted by Crippen LogP contribution is 2.20. The lowest BCUT2D eigenvalue weighted by molar-refractivity contribution is 0.144. The Morgan fingerprint density at radius 1 is 1.05 bits per heavy atom. The molecule has 1 rings (SSSR count). The summed E-state index contributed by atoms with van der Waals surface area (Å²) in [6, 6.07) is 8.31. The molecule has 1 aromatic carbocycles. The largest absolute Gasteiger partial charge is 0.492 e. The molecule has 1 N–H and O–H groups in total. The summed E-state index contributed by atoms with van der Waals surface area (Å²) < 4.78 is 11.1. The zero-order valence-corrected chi connectivity index (χ0v) is 13.7. The summed E-state index contributed by atoms with van der Waals surface area (Å²) in [5.41, 5.74) is 1.22. The molecule has 0 aliphatic heterocycles. The van der Waals surface area contributed by atoms with Crippen molar-refractivity contribution in [3.05, 3.63) is 24.3 Å². The summed E-state index contributed by atoms with van der Waals surface area (Å²) in [7, 11) is 0. The first-order valence-electron chi connectivity index (χ1n) is 8.08. The number of ether oxygens (including phenoxy) is 2. The third-order valence-corrected chi connectivity index (χ3v) is 3.34. The first kappa shape index (κ1) is 17.8. The Morgan fingerprint density at radius 3 is 2.57 bits per heavy atom. The molecule has 0 spiro atoms. The van der Waals surface area contributed by atoms with E-state index in [0.29, 0.717) is 6.61 Å². The van der Waals surface area contributed by atoms with Gasteiger partial charge in [0.1, 0.15) is 12.4 Å². The van der Waals surface area contributed by atoms with Gasteiger partial charge in [-0.1, -0.05) is 6.07 Å². The monoisotopic (exact) mass is 294 g/mol. The van der Waals surface area contributed by atoms with Crippen molar-refractivity contribution >= 4 is 5.69 Å². The second-order valence-electron chi connectivity index (χ2n) is 4.82. The summed E-state index contributed by atoms with van der Waals surface area (Å²) >= 11 is 0. The van der Waals surface area contributed by atoms with Crippen LogP contribution in [0.25, 0.3) is 0 Å². The van der Waals surface area contributed by atoms with Crippen LogP contribution in [0.15, 0.2) is 24.3 Å². The van der Waals surface area contributed by atoms with E-state index >= 15 is 0 Å². The van der Waals surface area contributed by atoms with Gasteiger partial charge < -0.3 is 19.7 Å². The maximum absolute atomic E-state index is 5.79. The molecule has 0 fully saturated rings. The standard InChI is InChI=1S/C17H30N2O2/c1-4-19(5-2)16-9-7-10-17(15-16)21-14-12-18-11-8-13-20-6-3/h7,9-10,15,18H,4-6,8,11-14H2,1-3H3. The Bertz CT molecular complexity index is 368. The summed E-state index contributed by atoms with van der Waals surface area (Å²) in [4.78, 5) is 2.32. The number of hydrogen-bond acceptors (Lipinski definition) is 4. The van der Waals surface area contributed by atoms with E-state index in [-0.39, 0.29) is 0 Å². The van der Waals surface area contributed by atoms with Crippen LogP contribution in [0.1, 0.15) is 27.2 Å². The number of anilines is 1. The van der Waals surface area contributed by atoms with Gasteiger partial charge in [-0.3, -0.25) is 0 Å². The van der Waals surface area contributed by atoms with E-state index in [4.69, 9.17) is 9.47 Å². The molecule has 0 radical (unpaired) electrons. The minimum atomic E-state index is 0.691. The van der Waals surface area contributed by atoms with E-state index in [1.54, 1.807) is 0 Å².